The highest BCUT2D eigenvalue weighted by Gasteiger charge is 2.11. The van der Waals surface area contributed by atoms with Crippen molar-refractivity contribution in [3.05, 3.63) is 35.4 Å². The van der Waals surface area contributed by atoms with Gasteiger partial charge in [-0.2, -0.15) is 0 Å². The number of amides is 1. The van der Waals surface area contributed by atoms with Crippen LogP contribution in [0.2, 0.25) is 0 Å². The topological polar surface area (TPSA) is 32.3 Å². The van der Waals surface area contributed by atoms with E-state index < -0.39 is 0 Å². The lowest BCUT2D eigenvalue weighted by atomic mass is 10.0. The van der Waals surface area contributed by atoms with Crippen LogP contribution in [0.15, 0.2) is 24.3 Å². The molecule has 0 fully saturated rings. The van der Waals surface area contributed by atoms with Crippen molar-refractivity contribution in [1.82, 2.24) is 10.2 Å². The smallest absolute Gasteiger partial charge is 0.220 e. The Kier molecular flexibility index (Phi) is 8.06. The molecule has 0 aromatic heterocycles. The summed E-state index contributed by atoms with van der Waals surface area (Å²) in [5.74, 6) is 0.169. The number of benzene rings is 1. The molecule has 3 nitrogen and oxygen atoms in total. The van der Waals surface area contributed by atoms with Crippen LogP contribution < -0.4 is 5.32 Å². The van der Waals surface area contributed by atoms with Crippen molar-refractivity contribution in [2.24, 2.45) is 0 Å². The summed E-state index contributed by atoms with van der Waals surface area (Å²) in [7, 11) is 0. The average Bonchev–Trinajstić information content (AvgIpc) is 2.48. The van der Waals surface area contributed by atoms with Crippen molar-refractivity contribution < 1.29 is 4.79 Å². The molecule has 21 heavy (non-hydrogen) atoms. The first-order chi connectivity index (χ1) is 10.1. The van der Waals surface area contributed by atoms with Crippen LogP contribution in [0.4, 0.5) is 0 Å². The summed E-state index contributed by atoms with van der Waals surface area (Å²) in [6.07, 6.45) is 2.50. The molecular formula is C18H30N2O. The third-order valence-electron chi connectivity index (χ3n) is 4.14. The van der Waals surface area contributed by atoms with Gasteiger partial charge in [-0.15, -0.1) is 0 Å². The van der Waals surface area contributed by atoms with E-state index in [2.05, 4.69) is 62.2 Å². The summed E-state index contributed by atoms with van der Waals surface area (Å²) in [5.41, 5.74) is 2.66. The molecule has 0 aliphatic carbocycles. The van der Waals surface area contributed by atoms with Crippen LogP contribution >= 0.6 is 0 Å². The highest BCUT2D eigenvalue weighted by Crippen LogP contribution is 2.10. The predicted octanol–water partition coefficient (Wildman–Crippen LogP) is 3.16. The fraction of sp³-hybridized carbons (Fsp3) is 0.611. The van der Waals surface area contributed by atoms with Crippen LogP contribution in [0.25, 0.3) is 0 Å². The minimum absolute atomic E-state index is 0.169. The van der Waals surface area contributed by atoms with Crippen LogP contribution in [0.3, 0.4) is 0 Å². The van der Waals surface area contributed by atoms with E-state index in [0.29, 0.717) is 12.5 Å². The highest BCUT2D eigenvalue weighted by atomic mass is 16.1. The zero-order chi connectivity index (χ0) is 15.7. The Labute approximate surface area is 129 Å². The quantitative estimate of drug-likeness (QED) is 0.757. The molecule has 1 amide bonds. The normalized spacial score (nSPS) is 12.4. The van der Waals surface area contributed by atoms with Gasteiger partial charge in [0.25, 0.3) is 0 Å². The van der Waals surface area contributed by atoms with E-state index in [0.717, 1.165) is 32.5 Å². The molecule has 0 saturated heterocycles. The number of likely N-dealkylation sites (N-methyl/N-ethyl adjacent to an activating group) is 1. The Morgan fingerprint density at radius 3 is 2.52 bits per heavy atom. The number of rotatable bonds is 9. The standard InChI is InChI=1S/C18H30N2O/c1-5-20(6-2)16(4)14-19-18(21)13-9-12-17-11-8-7-10-15(17)3/h7-8,10-11,16H,5-6,9,12-14H2,1-4H3,(H,19,21). The lowest BCUT2D eigenvalue weighted by molar-refractivity contribution is -0.121. The van der Waals surface area contributed by atoms with Crippen molar-refractivity contribution >= 4 is 5.91 Å². The number of carbonyl (C=O) groups excluding carboxylic acids is 1. The first-order valence-corrected chi connectivity index (χ1v) is 8.13. The zero-order valence-electron chi connectivity index (χ0n) is 14.0. The van der Waals surface area contributed by atoms with E-state index in [1.54, 1.807) is 0 Å². The van der Waals surface area contributed by atoms with Crippen molar-refractivity contribution in [1.29, 1.82) is 0 Å². The van der Waals surface area contributed by atoms with Crippen molar-refractivity contribution in [3.63, 3.8) is 0 Å². The number of aryl methyl sites for hydroxylation is 2. The molecule has 1 aromatic rings. The second-order valence-electron chi connectivity index (χ2n) is 5.65. The largest absolute Gasteiger partial charge is 0.355 e. The van der Waals surface area contributed by atoms with E-state index in [9.17, 15) is 4.79 Å². The van der Waals surface area contributed by atoms with Gasteiger partial charge in [-0.05, 0) is 50.9 Å². The number of hydrogen-bond acceptors (Lipinski definition) is 2. The maximum absolute atomic E-state index is 11.9. The van der Waals surface area contributed by atoms with Crippen LogP contribution in [-0.2, 0) is 11.2 Å². The first kappa shape index (κ1) is 17.7. The summed E-state index contributed by atoms with van der Waals surface area (Å²) in [6.45, 7) is 11.4. The Morgan fingerprint density at radius 1 is 1.24 bits per heavy atom. The van der Waals surface area contributed by atoms with E-state index in [1.165, 1.54) is 11.1 Å². The van der Waals surface area contributed by atoms with Gasteiger partial charge >= 0.3 is 0 Å². The van der Waals surface area contributed by atoms with Gasteiger partial charge < -0.3 is 5.32 Å². The molecule has 1 N–H and O–H groups in total. The second kappa shape index (κ2) is 9.56. The minimum atomic E-state index is 0.169. The van der Waals surface area contributed by atoms with Crippen LogP contribution in [-0.4, -0.2) is 36.5 Å². The number of nitrogens with zero attached hydrogens (tertiary/aromatic N) is 1. The highest BCUT2D eigenvalue weighted by molar-refractivity contribution is 5.75. The van der Waals surface area contributed by atoms with Crippen LogP contribution in [0.1, 0.15) is 44.7 Å². The summed E-state index contributed by atoms with van der Waals surface area (Å²) in [6, 6.07) is 8.80. The number of carbonyl (C=O) groups is 1. The molecular weight excluding hydrogens is 260 g/mol. The summed E-state index contributed by atoms with van der Waals surface area (Å²) in [4.78, 5) is 14.2. The third-order valence-corrected chi connectivity index (χ3v) is 4.14. The number of nitrogens with one attached hydrogen (secondary N) is 1. The van der Waals surface area contributed by atoms with Crippen LogP contribution in [0, 0.1) is 6.92 Å². The van der Waals surface area contributed by atoms with Crippen LogP contribution in [0.5, 0.6) is 0 Å². The van der Waals surface area contributed by atoms with Crippen molar-refractivity contribution in [2.75, 3.05) is 19.6 Å². The summed E-state index contributed by atoms with van der Waals surface area (Å²) >= 11 is 0. The van der Waals surface area contributed by atoms with Gasteiger partial charge in [0.2, 0.25) is 5.91 Å². The van der Waals surface area contributed by atoms with E-state index in [1.807, 2.05) is 0 Å². The van der Waals surface area contributed by atoms with Crippen molar-refractivity contribution in [3.8, 4) is 0 Å². The molecule has 118 valence electrons. The molecule has 1 aromatic carbocycles. The lowest BCUT2D eigenvalue weighted by Gasteiger charge is -2.26. The predicted molar refractivity (Wildman–Crippen MR) is 89.5 cm³/mol. The Balaban J connectivity index is 2.24. The molecule has 1 atom stereocenters. The van der Waals surface area contributed by atoms with Gasteiger partial charge in [0, 0.05) is 19.0 Å². The fourth-order valence-corrected chi connectivity index (χ4v) is 2.66. The zero-order valence-corrected chi connectivity index (χ0v) is 14.0. The molecule has 0 aliphatic heterocycles. The molecule has 0 aliphatic rings. The molecule has 0 spiro atoms. The van der Waals surface area contributed by atoms with Gasteiger partial charge in [-0.1, -0.05) is 38.1 Å². The minimum Gasteiger partial charge on any atom is -0.355 e. The summed E-state index contributed by atoms with van der Waals surface area (Å²) < 4.78 is 0. The lowest BCUT2D eigenvalue weighted by Crippen LogP contribution is -2.41. The van der Waals surface area contributed by atoms with Crippen molar-refractivity contribution in [2.45, 2.75) is 53.0 Å². The monoisotopic (exact) mass is 290 g/mol. The molecule has 3 heteroatoms. The molecule has 0 radical (unpaired) electrons. The van der Waals surface area contributed by atoms with Gasteiger partial charge in [0.1, 0.15) is 0 Å². The maximum Gasteiger partial charge on any atom is 0.220 e. The van der Waals surface area contributed by atoms with Gasteiger partial charge in [0.15, 0.2) is 0 Å². The first-order valence-electron chi connectivity index (χ1n) is 8.13. The fourth-order valence-electron chi connectivity index (χ4n) is 2.66. The van der Waals surface area contributed by atoms with E-state index in [4.69, 9.17) is 0 Å². The Morgan fingerprint density at radius 2 is 1.90 bits per heavy atom. The van der Waals surface area contributed by atoms with E-state index >= 15 is 0 Å². The molecule has 0 bridgehead atoms. The maximum atomic E-state index is 11.9. The molecule has 1 unspecified atom stereocenters. The number of hydrogen-bond donors (Lipinski definition) is 1. The second-order valence-corrected chi connectivity index (χ2v) is 5.65. The van der Waals surface area contributed by atoms with Gasteiger partial charge in [-0.3, -0.25) is 9.69 Å². The Bertz CT molecular complexity index is 427. The molecule has 1 rings (SSSR count). The summed E-state index contributed by atoms with van der Waals surface area (Å²) in [5, 5.41) is 3.05. The molecule has 0 saturated carbocycles. The Hall–Kier alpha value is -1.35. The van der Waals surface area contributed by atoms with E-state index in [-0.39, 0.29) is 5.91 Å². The average molecular weight is 290 g/mol. The third kappa shape index (κ3) is 6.30. The molecule has 0 heterocycles. The van der Waals surface area contributed by atoms with Gasteiger partial charge in [0.05, 0.1) is 0 Å². The SMILES string of the molecule is CCN(CC)C(C)CNC(=O)CCCc1ccccc1C. The van der Waals surface area contributed by atoms with Gasteiger partial charge in [-0.25, -0.2) is 0 Å².